The molecule has 0 aliphatic rings. The molecule has 6 nitrogen and oxygen atoms in total. The zero-order valence-electron chi connectivity index (χ0n) is 21.5. The molecule has 0 spiro atoms. The van der Waals surface area contributed by atoms with Crippen molar-refractivity contribution in [1.82, 2.24) is 0 Å². The fraction of sp³-hybridized carbons (Fsp3) is 0.357. The number of nitrogens with zero attached hydrogens (tertiary/aromatic N) is 1. The van der Waals surface area contributed by atoms with Crippen molar-refractivity contribution in [3.8, 4) is 11.5 Å². The third-order valence-electron chi connectivity index (χ3n) is 5.86. The number of ether oxygens (including phenoxy) is 2. The van der Waals surface area contributed by atoms with Gasteiger partial charge in [0.25, 0.3) is 7.37 Å². The lowest BCUT2D eigenvalue weighted by Gasteiger charge is -2.31. The topological polar surface area (TPSA) is 60.0 Å². The van der Waals surface area contributed by atoms with E-state index in [1.165, 1.54) is 0 Å². The highest BCUT2D eigenvalue weighted by Crippen LogP contribution is 2.60. The third-order valence-corrected chi connectivity index (χ3v) is 8.53. The molecular formula is C28H37N2O4P. The molecule has 2 atom stereocenters. The van der Waals surface area contributed by atoms with Gasteiger partial charge in [-0.25, -0.2) is 0 Å². The summed E-state index contributed by atoms with van der Waals surface area (Å²) in [6.07, 6.45) is 0.803. The van der Waals surface area contributed by atoms with Crippen LogP contribution < -0.4 is 25.0 Å². The predicted octanol–water partition coefficient (Wildman–Crippen LogP) is 6.55. The maximum atomic E-state index is 15.0. The van der Waals surface area contributed by atoms with Crippen LogP contribution in [0.5, 0.6) is 11.5 Å². The van der Waals surface area contributed by atoms with Crippen molar-refractivity contribution in [3.05, 3.63) is 78.4 Å². The van der Waals surface area contributed by atoms with Gasteiger partial charge in [0.2, 0.25) is 0 Å². The maximum absolute atomic E-state index is 15.0. The highest BCUT2D eigenvalue weighted by atomic mass is 31.2. The molecule has 0 bridgehead atoms. The number of hydrogen-bond donors (Lipinski definition) is 1. The molecule has 0 fully saturated rings. The van der Waals surface area contributed by atoms with Crippen molar-refractivity contribution in [1.29, 1.82) is 0 Å². The molecular weight excluding hydrogens is 459 g/mol. The molecule has 0 aromatic heterocycles. The van der Waals surface area contributed by atoms with Gasteiger partial charge in [-0.2, -0.15) is 0 Å². The minimum Gasteiger partial charge on any atom is -0.497 e. The number of methoxy groups -OCH3 is 2. The van der Waals surface area contributed by atoms with Crippen LogP contribution in [0.3, 0.4) is 0 Å². The van der Waals surface area contributed by atoms with E-state index in [1.807, 2.05) is 91.8 Å². The molecule has 35 heavy (non-hydrogen) atoms. The lowest BCUT2D eigenvalue weighted by atomic mass is 10.1. The van der Waals surface area contributed by atoms with E-state index in [0.717, 1.165) is 23.4 Å². The zero-order chi connectivity index (χ0) is 25.4. The zero-order valence-corrected chi connectivity index (χ0v) is 22.4. The van der Waals surface area contributed by atoms with Crippen LogP contribution in [0.15, 0.2) is 72.8 Å². The Morgan fingerprint density at radius 2 is 1.60 bits per heavy atom. The average molecular weight is 497 g/mol. The summed E-state index contributed by atoms with van der Waals surface area (Å²) in [5.41, 5.74) is 2.60. The van der Waals surface area contributed by atoms with Crippen LogP contribution in [0.2, 0.25) is 0 Å². The lowest BCUT2D eigenvalue weighted by Crippen LogP contribution is -2.22. The summed E-state index contributed by atoms with van der Waals surface area (Å²) in [5.74, 6) is 0.990. The summed E-state index contributed by atoms with van der Waals surface area (Å²) in [5, 5.41) is 4.15. The van der Waals surface area contributed by atoms with Gasteiger partial charge in [-0.15, -0.1) is 0 Å². The summed E-state index contributed by atoms with van der Waals surface area (Å²) >= 11 is 0. The fourth-order valence-corrected chi connectivity index (χ4v) is 6.20. The van der Waals surface area contributed by atoms with E-state index in [-0.39, 0.29) is 0 Å². The molecule has 0 saturated heterocycles. The summed E-state index contributed by atoms with van der Waals surface area (Å²) in [6, 6.07) is 23.1. The van der Waals surface area contributed by atoms with E-state index in [0.29, 0.717) is 29.3 Å². The molecule has 3 aromatic carbocycles. The van der Waals surface area contributed by atoms with Gasteiger partial charge in [0.05, 0.1) is 20.8 Å². The van der Waals surface area contributed by atoms with E-state index in [2.05, 4.69) is 19.2 Å². The van der Waals surface area contributed by atoms with Gasteiger partial charge in [0.1, 0.15) is 17.3 Å². The Morgan fingerprint density at radius 1 is 0.914 bits per heavy atom. The van der Waals surface area contributed by atoms with Crippen LogP contribution in [0, 0.1) is 5.92 Å². The first-order valence-electron chi connectivity index (χ1n) is 11.8. The molecule has 188 valence electrons. The van der Waals surface area contributed by atoms with Gasteiger partial charge in [-0.05, 0) is 60.9 Å². The highest BCUT2D eigenvalue weighted by molar-refractivity contribution is 7.67. The van der Waals surface area contributed by atoms with E-state index in [4.69, 9.17) is 14.0 Å². The fourth-order valence-electron chi connectivity index (χ4n) is 3.76. The van der Waals surface area contributed by atoms with Crippen LogP contribution >= 0.6 is 7.37 Å². The molecule has 0 unspecified atom stereocenters. The summed E-state index contributed by atoms with van der Waals surface area (Å²) in [6.45, 7) is 4.65. The lowest BCUT2D eigenvalue weighted by molar-refractivity contribution is 0.289. The smallest absolute Gasteiger partial charge is 0.258 e. The number of para-hydroxylation sites is 1. The van der Waals surface area contributed by atoms with E-state index in [1.54, 1.807) is 14.2 Å². The molecule has 0 amide bonds. The van der Waals surface area contributed by atoms with Crippen molar-refractivity contribution in [2.75, 3.05) is 45.1 Å². The van der Waals surface area contributed by atoms with Crippen molar-refractivity contribution < 1.29 is 18.6 Å². The maximum Gasteiger partial charge on any atom is 0.258 e. The van der Waals surface area contributed by atoms with Gasteiger partial charge in [-0.1, -0.05) is 32.0 Å². The molecule has 3 rings (SSSR count). The Hall–Kier alpha value is -2.95. The minimum atomic E-state index is -3.49. The van der Waals surface area contributed by atoms with E-state index < -0.39 is 13.2 Å². The van der Waals surface area contributed by atoms with Gasteiger partial charge in [0.15, 0.2) is 0 Å². The first-order chi connectivity index (χ1) is 16.8. The molecule has 0 aliphatic carbocycles. The quantitative estimate of drug-likeness (QED) is 0.287. The third kappa shape index (κ3) is 6.59. The van der Waals surface area contributed by atoms with Crippen LogP contribution in [-0.2, 0) is 9.09 Å². The number of benzene rings is 3. The Balaban J connectivity index is 2.17. The van der Waals surface area contributed by atoms with Gasteiger partial charge >= 0.3 is 0 Å². The second-order valence-electron chi connectivity index (χ2n) is 9.04. The van der Waals surface area contributed by atoms with Crippen LogP contribution in [0.1, 0.15) is 31.6 Å². The second-order valence-corrected chi connectivity index (χ2v) is 11.5. The van der Waals surface area contributed by atoms with Crippen LogP contribution in [0.25, 0.3) is 0 Å². The van der Waals surface area contributed by atoms with Crippen molar-refractivity contribution in [3.63, 3.8) is 0 Å². The number of nitrogens with one attached hydrogen (secondary N) is 1. The van der Waals surface area contributed by atoms with Crippen molar-refractivity contribution in [2.45, 2.75) is 26.1 Å². The minimum absolute atomic E-state index is 0.385. The SMILES string of the molecule is COc1ccc([C@@H](Nc2ccccc2)[P@@](=O)(OCCC(C)C)c2ccc(N(C)C)cc2)c(OC)c1. The average Bonchev–Trinajstić information content (AvgIpc) is 2.87. The summed E-state index contributed by atoms with van der Waals surface area (Å²) in [4.78, 5) is 2.01. The van der Waals surface area contributed by atoms with E-state index in [9.17, 15) is 0 Å². The molecule has 1 N–H and O–H groups in total. The van der Waals surface area contributed by atoms with Gasteiger partial charge in [-0.3, -0.25) is 4.57 Å². The monoisotopic (exact) mass is 496 g/mol. The first-order valence-corrected chi connectivity index (χ1v) is 13.5. The normalized spacial score (nSPS) is 13.7. The number of rotatable bonds is 12. The Bertz CT molecular complexity index is 1120. The Morgan fingerprint density at radius 3 is 2.17 bits per heavy atom. The highest BCUT2D eigenvalue weighted by Gasteiger charge is 2.39. The van der Waals surface area contributed by atoms with Gasteiger partial charge in [0, 0.05) is 42.4 Å². The van der Waals surface area contributed by atoms with Crippen molar-refractivity contribution >= 4 is 24.0 Å². The Labute approximate surface area is 209 Å². The Kier molecular flexibility index (Phi) is 9.25. The molecule has 0 heterocycles. The molecule has 3 aromatic rings. The molecule has 0 saturated carbocycles. The number of anilines is 2. The second kappa shape index (κ2) is 12.1. The molecule has 7 heteroatoms. The largest absolute Gasteiger partial charge is 0.497 e. The summed E-state index contributed by atoms with van der Waals surface area (Å²) < 4.78 is 32.5. The van der Waals surface area contributed by atoms with Crippen molar-refractivity contribution in [2.24, 2.45) is 5.92 Å². The van der Waals surface area contributed by atoms with Crippen LogP contribution in [-0.4, -0.2) is 34.9 Å². The standard InChI is InChI=1S/C28H37N2O4P/c1-21(2)18-19-34-35(31,25-15-12-23(13-16-25)30(3)4)28(29-22-10-8-7-9-11-22)26-17-14-24(32-5)20-27(26)33-6/h7-17,20-21,28-29H,18-19H2,1-6H3/t28-,35-/m0/s1. The summed E-state index contributed by atoms with van der Waals surface area (Å²) in [7, 11) is 3.69. The first kappa shape index (κ1) is 26.7. The van der Waals surface area contributed by atoms with E-state index >= 15 is 4.57 Å². The van der Waals surface area contributed by atoms with Crippen LogP contribution in [0.4, 0.5) is 11.4 Å². The van der Waals surface area contributed by atoms with Gasteiger partial charge < -0.3 is 24.2 Å². The predicted molar refractivity (Wildman–Crippen MR) is 146 cm³/mol. The molecule has 0 radical (unpaired) electrons. The molecule has 0 aliphatic heterocycles. The number of hydrogen-bond acceptors (Lipinski definition) is 6.